The van der Waals surface area contributed by atoms with Gasteiger partial charge in [-0.05, 0) is 104 Å². The van der Waals surface area contributed by atoms with E-state index in [0.717, 1.165) is 50.1 Å². The molecular weight excluding hydrogens is 336 g/mol. The number of carboxylic acids is 1. The summed E-state index contributed by atoms with van der Waals surface area (Å²) >= 11 is 0. The summed E-state index contributed by atoms with van der Waals surface area (Å²) in [6.07, 6.45) is 0. The minimum absolute atomic E-state index is 0.0136. The second-order valence-corrected chi connectivity index (χ2v) is 8.49. The number of carbonyl (C=O) groups is 2. The van der Waals surface area contributed by atoms with Crippen LogP contribution in [0.3, 0.4) is 0 Å². The number of rotatable bonds is 2. The van der Waals surface area contributed by atoms with E-state index in [1.165, 1.54) is 5.56 Å². The Balaban J connectivity index is 2.53. The molecule has 27 heavy (non-hydrogen) atoms. The lowest BCUT2D eigenvalue weighted by Crippen LogP contribution is -2.42. The van der Waals surface area contributed by atoms with Gasteiger partial charge in [0.1, 0.15) is 0 Å². The third-order valence-electron chi connectivity index (χ3n) is 6.84. The van der Waals surface area contributed by atoms with E-state index in [2.05, 4.69) is 20.8 Å². The summed E-state index contributed by atoms with van der Waals surface area (Å²) in [5, 5.41) is 11.8. The van der Waals surface area contributed by atoms with Gasteiger partial charge in [-0.2, -0.15) is 0 Å². The van der Waals surface area contributed by atoms with Gasteiger partial charge < -0.3 is 9.90 Å². The lowest BCUT2D eigenvalue weighted by atomic mass is 9.75. The van der Waals surface area contributed by atoms with Crippen molar-refractivity contribution in [3.63, 3.8) is 0 Å². The largest absolute Gasteiger partial charge is 0.549 e. The summed E-state index contributed by atoms with van der Waals surface area (Å²) in [6.45, 7) is 17.4. The van der Waals surface area contributed by atoms with Crippen LogP contribution in [0.4, 0.5) is 0 Å². The highest BCUT2D eigenvalue weighted by Crippen LogP contribution is 2.49. The summed E-state index contributed by atoms with van der Waals surface area (Å²) in [7, 11) is 0. The number of hydrogen-bond acceptors (Lipinski definition) is 3. The van der Waals surface area contributed by atoms with Gasteiger partial charge in [-0.15, -0.1) is 0 Å². The lowest BCUT2D eigenvalue weighted by Gasteiger charge is -2.32. The number of carbonyl (C=O) groups excluding carboxylic acids is 2. The molecule has 0 heterocycles. The number of aliphatic carboxylic acids is 1. The molecule has 3 nitrogen and oxygen atoms in total. The number of carboxylic acid groups (broad SMARTS) is 1. The zero-order valence-electron chi connectivity index (χ0n) is 17.7. The van der Waals surface area contributed by atoms with Gasteiger partial charge >= 0.3 is 0 Å². The van der Waals surface area contributed by atoms with Crippen LogP contribution >= 0.6 is 0 Å². The Morgan fingerprint density at radius 1 is 0.630 bits per heavy atom. The molecule has 0 N–H and O–H groups in total. The molecule has 1 aliphatic carbocycles. The molecule has 2 aromatic rings. The maximum Gasteiger partial charge on any atom is 0.194 e. The molecule has 3 rings (SSSR count). The minimum atomic E-state index is -1.17. The van der Waals surface area contributed by atoms with Gasteiger partial charge in [0.15, 0.2) is 5.78 Å². The number of fused-ring (bicyclic) bond motifs is 3. The third kappa shape index (κ3) is 2.27. The second kappa shape index (κ2) is 5.79. The fourth-order valence-electron chi connectivity index (χ4n) is 4.83. The van der Waals surface area contributed by atoms with Crippen LogP contribution in [0, 0.1) is 48.5 Å². The number of ketones is 1. The van der Waals surface area contributed by atoms with Crippen molar-refractivity contribution in [1.29, 1.82) is 0 Å². The first-order valence-electron chi connectivity index (χ1n) is 9.36. The van der Waals surface area contributed by atoms with E-state index in [4.69, 9.17) is 0 Å². The fourth-order valence-corrected chi connectivity index (χ4v) is 4.83. The molecule has 0 aliphatic heterocycles. The van der Waals surface area contributed by atoms with Crippen molar-refractivity contribution in [3.05, 3.63) is 55.6 Å². The third-order valence-corrected chi connectivity index (χ3v) is 6.84. The Bertz CT molecular complexity index is 1050. The van der Waals surface area contributed by atoms with Crippen molar-refractivity contribution in [2.24, 2.45) is 0 Å². The van der Waals surface area contributed by atoms with E-state index >= 15 is 0 Å². The zero-order chi connectivity index (χ0) is 20.6. The van der Waals surface area contributed by atoms with Crippen molar-refractivity contribution in [2.45, 2.75) is 67.7 Å². The van der Waals surface area contributed by atoms with Crippen LogP contribution in [0.5, 0.6) is 0 Å². The van der Waals surface area contributed by atoms with Crippen molar-refractivity contribution in [1.82, 2.24) is 0 Å². The van der Waals surface area contributed by atoms with E-state index < -0.39 is 11.4 Å². The van der Waals surface area contributed by atoms with Crippen LogP contribution in [-0.4, -0.2) is 11.8 Å². The topological polar surface area (TPSA) is 57.2 Å². The molecule has 0 aromatic heterocycles. The molecule has 0 unspecified atom stereocenters. The van der Waals surface area contributed by atoms with Crippen LogP contribution in [0.1, 0.15) is 74.3 Å². The van der Waals surface area contributed by atoms with Gasteiger partial charge in [-0.25, -0.2) is 0 Å². The van der Waals surface area contributed by atoms with Gasteiger partial charge in [-0.1, -0.05) is 13.8 Å². The highest BCUT2D eigenvalue weighted by Gasteiger charge is 2.38. The summed E-state index contributed by atoms with van der Waals surface area (Å²) in [4.78, 5) is 25.3. The highest BCUT2D eigenvalue weighted by atomic mass is 16.4. The minimum Gasteiger partial charge on any atom is -0.549 e. The summed E-state index contributed by atoms with van der Waals surface area (Å²) in [5.74, 6) is -1.12. The Kier molecular flexibility index (Phi) is 4.15. The predicted molar refractivity (Wildman–Crippen MR) is 107 cm³/mol. The average Bonchev–Trinajstić information content (AvgIpc) is 2.89. The monoisotopic (exact) mass is 363 g/mol. The van der Waals surface area contributed by atoms with Crippen LogP contribution in [0.25, 0.3) is 11.1 Å². The van der Waals surface area contributed by atoms with Gasteiger partial charge in [0.25, 0.3) is 0 Å². The molecule has 2 aromatic carbocycles. The molecular formula is C24H27O3-. The lowest BCUT2D eigenvalue weighted by molar-refractivity contribution is -0.312. The van der Waals surface area contributed by atoms with Gasteiger partial charge in [-0.3, -0.25) is 4.79 Å². The van der Waals surface area contributed by atoms with Crippen LogP contribution in [0.2, 0.25) is 0 Å². The Morgan fingerprint density at radius 2 is 1.00 bits per heavy atom. The number of benzene rings is 2. The number of hydrogen-bond donors (Lipinski definition) is 0. The Hall–Kier alpha value is -2.42. The van der Waals surface area contributed by atoms with Crippen LogP contribution in [-0.2, 0) is 10.2 Å². The van der Waals surface area contributed by atoms with Crippen LogP contribution < -0.4 is 5.11 Å². The first kappa shape index (κ1) is 19.3. The van der Waals surface area contributed by atoms with E-state index in [1.807, 2.05) is 27.7 Å². The molecule has 0 saturated heterocycles. The normalized spacial score (nSPS) is 13.0. The summed E-state index contributed by atoms with van der Waals surface area (Å²) < 4.78 is 0. The fraction of sp³-hybridized carbons (Fsp3) is 0.417. The molecule has 0 spiro atoms. The molecule has 1 aliphatic rings. The van der Waals surface area contributed by atoms with Gasteiger partial charge in [0.2, 0.25) is 0 Å². The zero-order valence-corrected chi connectivity index (χ0v) is 17.7. The molecule has 0 radical (unpaired) electrons. The molecule has 0 amide bonds. The van der Waals surface area contributed by atoms with Crippen LogP contribution in [0.15, 0.2) is 0 Å². The summed E-state index contributed by atoms with van der Waals surface area (Å²) in [5.41, 5.74) is 10.2. The smallest absolute Gasteiger partial charge is 0.194 e. The van der Waals surface area contributed by atoms with E-state index in [0.29, 0.717) is 11.1 Å². The van der Waals surface area contributed by atoms with Crippen molar-refractivity contribution in [3.8, 4) is 11.1 Å². The standard InChI is InChI=1S/C24H28O3/c1-10-11(2)13(4)19-17(12(10)3)18-14(5)15(6)21(24(8,9)23(26)27)16(7)20(18)22(19)25/h1-9H3,(H,26,27)/p-1. The molecule has 0 atom stereocenters. The predicted octanol–water partition coefficient (Wildman–Crippen LogP) is 4.08. The van der Waals surface area contributed by atoms with Crippen molar-refractivity contribution in [2.75, 3.05) is 0 Å². The molecule has 0 bridgehead atoms. The Morgan fingerprint density at radius 3 is 1.44 bits per heavy atom. The molecule has 0 saturated carbocycles. The van der Waals surface area contributed by atoms with Crippen molar-refractivity contribution >= 4 is 11.8 Å². The van der Waals surface area contributed by atoms with E-state index in [9.17, 15) is 14.7 Å². The maximum absolute atomic E-state index is 13.5. The first-order valence-corrected chi connectivity index (χ1v) is 9.36. The molecule has 3 heteroatoms. The summed E-state index contributed by atoms with van der Waals surface area (Å²) in [6, 6.07) is 0. The highest BCUT2D eigenvalue weighted by molar-refractivity contribution is 6.25. The SMILES string of the molecule is Cc1c(C)c(C)c2c(c1C)C(=O)c1c(C)c(C(C)(C)C(=O)[O-])c(C)c(C)c1-2. The Labute approximate surface area is 161 Å². The van der Waals surface area contributed by atoms with Gasteiger partial charge in [0.05, 0.1) is 5.97 Å². The maximum atomic E-state index is 13.5. The molecule has 0 fully saturated rings. The second-order valence-electron chi connectivity index (χ2n) is 8.49. The quantitative estimate of drug-likeness (QED) is 0.689. The van der Waals surface area contributed by atoms with Gasteiger partial charge in [0, 0.05) is 16.5 Å². The van der Waals surface area contributed by atoms with E-state index in [-0.39, 0.29) is 5.78 Å². The van der Waals surface area contributed by atoms with Crippen molar-refractivity contribution < 1.29 is 14.7 Å². The molecule has 142 valence electrons. The van der Waals surface area contributed by atoms with E-state index in [1.54, 1.807) is 13.8 Å². The first-order chi connectivity index (χ1) is 12.4. The average molecular weight is 363 g/mol.